The third-order valence-corrected chi connectivity index (χ3v) is 6.13. The highest BCUT2D eigenvalue weighted by molar-refractivity contribution is 5.82. The van der Waals surface area contributed by atoms with E-state index in [4.69, 9.17) is 5.73 Å². The first-order chi connectivity index (χ1) is 13.1. The van der Waals surface area contributed by atoms with Gasteiger partial charge in [0, 0.05) is 19.6 Å². The Morgan fingerprint density at radius 3 is 2.74 bits per heavy atom. The van der Waals surface area contributed by atoms with E-state index < -0.39 is 11.6 Å². The molecule has 3 rings (SSSR count). The van der Waals surface area contributed by atoms with Crippen molar-refractivity contribution in [3.8, 4) is 6.07 Å². The van der Waals surface area contributed by atoms with Gasteiger partial charge in [-0.25, -0.2) is 0 Å². The standard InChI is InChI=1S/C22H32N4O/c23-16-22(25-21(27)20(24)15-19-9-5-2-6-10-19)12-14-26(17-22)13-11-18-7-3-1-4-8-18/h1,3-4,7-8,19-20H,2,5-6,9-15,17,24H2,(H,25,27). The lowest BCUT2D eigenvalue weighted by Crippen LogP contribution is -2.54. The van der Waals surface area contributed by atoms with Crippen molar-refractivity contribution >= 4 is 5.91 Å². The predicted molar refractivity (Wildman–Crippen MR) is 107 cm³/mol. The minimum Gasteiger partial charge on any atom is -0.335 e. The smallest absolute Gasteiger partial charge is 0.238 e. The van der Waals surface area contributed by atoms with Crippen molar-refractivity contribution < 1.29 is 4.79 Å². The van der Waals surface area contributed by atoms with Crippen molar-refractivity contribution in [2.24, 2.45) is 11.7 Å². The first-order valence-corrected chi connectivity index (χ1v) is 10.4. The first-order valence-electron chi connectivity index (χ1n) is 10.4. The molecular formula is C22H32N4O. The summed E-state index contributed by atoms with van der Waals surface area (Å²) in [5, 5.41) is 12.7. The van der Waals surface area contributed by atoms with Crippen molar-refractivity contribution in [1.29, 1.82) is 5.26 Å². The Balaban J connectivity index is 1.48. The largest absolute Gasteiger partial charge is 0.335 e. The zero-order valence-corrected chi connectivity index (χ0v) is 16.2. The average Bonchev–Trinajstić information content (AvgIpc) is 3.11. The zero-order valence-electron chi connectivity index (χ0n) is 16.2. The molecule has 1 aromatic carbocycles. The Kier molecular flexibility index (Phi) is 6.87. The molecule has 146 valence electrons. The number of carbonyl (C=O) groups is 1. The highest BCUT2D eigenvalue weighted by atomic mass is 16.2. The number of hydrogen-bond acceptors (Lipinski definition) is 4. The number of nitrogens with two attached hydrogens (primary N) is 1. The summed E-state index contributed by atoms with van der Waals surface area (Å²) < 4.78 is 0. The normalized spacial score (nSPS) is 25.0. The fourth-order valence-corrected chi connectivity index (χ4v) is 4.45. The molecule has 1 saturated heterocycles. The van der Waals surface area contributed by atoms with E-state index >= 15 is 0 Å². The molecule has 3 N–H and O–H groups in total. The quantitative estimate of drug-likeness (QED) is 0.775. The van der Waals surface area contributed by atoms with Crippen LogP contribution in [0.15, 0.2) is 30.3 Å². The monoisotopic (exact) mass is 368 g/mol. The highest BCUT2D eigenvalue weighted by Gasteiger charge is 2.40. The molecule has 0 bridgehead atoms. The van der Waals surface area contributed by atoms with Gasteiger partial charge in [-0.1, -0.05) is 62.4 Å². The van der Waals surface area contributed by atoms with Crippen molar-refractivity contribution in [1.82, 2.24) is 10.2 Å². The van der Waals surface area contributed by atoms with E-state index in [0.29, 0.717) is 18.9 Å². The highest BCUT2D eigenvalue weighted by Crippen LogP contribution is 2.27. The number of hydrogen-bond donors (Lipinski definition) is 2. The molecule has 0 spiro atoms. The third-order valence-electron chi connectivity index (χ3n) is 6.13. The molecule has 0 aromatic heterocycles. The lowest BCUT2D eigenvalue weighted by Gasteiger charge is -2.28. The van der Waals surface area contributed by atoms with Crippen LogP contribution in [0.4, 0.5) is 0 Å². The van der Waals surface area contributed by atoms with Crippen LogP contribution in [0.5, 0.6) is 0 Å². The average molecular weight is 369 g/mol. The zero-order chi connectivity index (χ0) is 19.1. The van der Waals surface area contributed by atoms with Crippen LogP contribution in [0, 0.1) is 17.2 Å². The molecule has 1 amide bonds. The fourth-order valence-electron chi connectivity index (χ4n) is 4.45. The van der Waals surface area contributed by atoms with Gasteiger partial charge in [0.15, 0.2) is 0 Å². The number of likely N-dealkylation sites (tertiary alicyclic amines) is 1. The molecule has 1 aliphatic carbocycles. The van der Waals surface area contributed by atoms with Crippen LogP contribution < -0.4 is 11.1 Å². The number of nitrogens with zero attached hydrogens (tertiary/aromatic N) is 2. The Morgan fingerprint density at radius 1 is 1.30 bits per heavy atom. The van der Waals surface area contributed by atoms with E-state index in [2.05, 4.69) is 28.4 Å². The van der Waals surface area contributed by atoms with Gasteiger partial charge in [0.2, 0.25) is 5.91 Å². The van der Waals surface area contributed by atoms with Gasteiger partial charge in [0.25, 0.3) is 0 Å². The summed E-state index contributed by atoms with van der Waals surface area (Å²) in [5.41, 5.74) is 6.68. The van der Waals surface area contributed by atoms with Gasteiger partial charge in [0.05, 0.1) is 12.1 Å². The van der Waals surface area contributed by atoms with Crippen LogP contribution >= 0.6 is 0 Å². The van der Waals surface area contributed by atoms with Gasteiger partial charge in [-0.3, -0.25) is 9.69 Å². The molecule has 2 atom stereocenters. The SMILES string of the molecule is N#CC1(NC(=O)C(N)CC2CCCCC2)CCN(CCc2ccccc2)C1. The number of rotatable bonds is 7. The summed E-state index contributed by atoms with van der Waals surface area (Å²) in [6.45, 7) is 2.31. The third kappa shape index (κ3) is 5.54. The molecule has 5 nitrogen and oxygen atoms in total. The predicted octanol–water partition coefficient (Wildman–Crippen LogP) is 2.61. The Bertz CT molecular complexity index is 650. The Hall–Kier alpha value is -1.90. The van der Waals surface area contributed by atoms with Crippen LogP contribution in [0.3, 0.4) is 0 Å². The molecule has 1 saturated carbocycles. The van der Waals surface area contributed by atoms with Crippen LogP contribution in [-0.4, -0.2) is 42.0 Å². The van der Waals surface area contributed by atoms with Gasteiger partial charge < -0.3 is 11.1 Å². The molecule has 2 unspecified atom stereocenters. The van der Waals surface area contributed by atoms with E-state index in [1.54, 1.807) is 0 Å². The summed E-state index contributed by atoms with van der Waals surface area (Å²) in [7, 11) is 0. The van der Waals surface area contributed by atoms with Crippen LogP contribution in [0.2, 0.25) is 0 Å². The summed E-state index contributed by atoms with van der Waals surface area (Å²) >= 11 is 0. The lowest BCUT2D eigenvalue weighted by atomic mass is 9.84. The maximum Gasteiger partial charge on any atom is 0.238 e. The first kappa shape index (κ1) is 19.9. The fraction of sp³-hybridized carbons (Fsp3) is 0.636. The van der Waals surface area contributed by atoms with Gasteiger partial charge in [0.1, 0.15) is 5.54 Å². The minimum atomic E-state index is -0.794. The number of carbonyl (C=O) groups excluding carboxylic acids is 1. The molecule has 2 fully saturated rings. The Labute approximate surface area is 162 Å². The number of nitrogens with one attached hydrogen (secondary N) is 1. The summed E-state index contributed by atoms with van der Waals surface area (Å²) in [4.78, 5) is 14.9. The van der Waals surface area contributed by atoms with Crippen molar-refractivity contribution in [3.63, 3.8) is 0 Å². The second-order valence-corrected chi connectivity index (χ2v) is 8.29. The van der Waals surface area contributed by atoms with Crippen molar-refractivity contribution in [2.45, 2.75) is 62.9 Å². The Morgan fingerprint density at radius 2 is 2.04 bits per heavy atom. The maximum atomic E-state index is 12.6. The van der Waals surface area contributed by atoms with E-state index in [1.165, 1.54) is 37.7 Å². The van der Waals surface area contributed by atoms with E-state index in [1.807, 2.05) is 18.2 Å². The van der Waals surface area contributed by atoms with Crippen LogP contribution in [-0.2, 0) is 11.2 Å². The van der Waals surface area contributed by atoms with Crippen molar-refractivity contribution in [3.05, 3.63) is 35.9 Å². The van der Waals surface area contributed by atoms with Gasteiger partial charge in [-0.15, -0.1) is 0 Å². The minimum absolute atomic E-state index is 0.160. The topological polar surface area (TPSA) is 82.1 Å². The van der Waals surface area contributed by atoms with Crippen LogP contribution in [0.1, 0.15) is 50.5 Å². The number of amides is 1. The second kappa shape index (κ2) is 9.34. The van der Waals surface area contributed by atoms with Gasteiger partial charge in [-0.2, -0.15) is 5.26 Å². The maximum absolute atomic E-state index is 12.6. The molecule has 5 heteroatoms. The molecule has 1 heterocycles. The molecular weight excluding hydrogens is 336 g/mol. The molecule has 27 heavy (non-hydrogen) atoms. The molecule has 1 aliphatic heterocycles. The van der Waals surface area contributed by atoms with E-state index in [0.717, 1.165) is 25.9 Å². The summed E-state index contributed by atoms with van der Waals surface area (Å²) in [5.74, 6) is 0.399. The molecule has 0 radical (unpaired) electrons. The molecule has 1 aromatic rings. The van der Waals surface area contributed by atoms with Crippen molar-refractivity contribution in [2.75, 3.05) is 19.6 Å². The summed E-state index contributed by atoms with van der Waals surface area (Å²) in [6.07, 6.45) is 8.52. The molecule has 2 aliphatic rings. The summed E-state index contributed by atoms with van der Waals surface area (Å²) in [6, 6.07) is 12.2. The number of benzene rings is 1. The van der Waals surface area contributed by atoms with Gasteiger partial charge in [-0.05, 0) is 30.7 Å². The van der Waals surface area contributed by atoms with E-state index in [-0.39, 0.29) is 5.91 Å². The van der Waals surface area contributed by atoms with Gasteiger partial charge >= 0.3 is 0 Å². The number of nitriles is 1. The lowest BCUT2D eigenvalue weighted by molar-refractivity contribution is -0.124. The van der Waals surface area contributed by atoms with Crippen LogP contribution in [0.25, 0.3) is 0 Å². The second-order valence-electron chi connectivity index (χ2n) is 8.29. The van der Waals surface area contributed by atoms with E-state index in [9.17, 15) is 10.1 Å².